The average molecular weight is 233 g/mol. The predicted octanol–water partition coefficient (Wildman–Crippen LogP) is 4.26. The first-order valence-electron chi connectivity index (χ1n) is 5.96. The summed E-state index contributed by atoms with van der Waals surface area (Å²) in [5.74, 6) is 0. The van der Waals surface area contributed by atoms with E-state index >= 15 is 0 Å². The number of nitrogens with zero attached hydrogens (tertiary/aromatic N) is 1. The molecule has 0 saturated heterocycles. The number of benzene rings is 2. The van der Waals surface area contributed by atoms with E-state index in [0.29, 0.717) is 0 Å². The summed E-state index contributed by atoms with van der Waals surface area (Å²) in [6, 6.07) is 18.5. The minimum Gasteiger partial charge on any atom is -0.193 e. The van der Waals surface area contributed by atoms with E-state index in [1.165, 1.54) is 11.1 Å². The Labute approximate surface area is 108 Å². The van der Waals surface area contributed by atoms with Crippen LogP contribution in [0.4, 0.5) is 0 Å². The third kappa shape index (κ3) is 2.33. The molecule has 0 heterocycles. The molecular weight excluding hydrogens is 218 g/mol. The van der Waals surface area contributed by atoms with Crippen molar-refractivity contribution >= 4 is 5.57 Å². The molecule has 0 N–H and O–H groups in total. The van der Waals surface area contributed by atoms with Crippen molar-refractivity contribution in [3.63, 3.8) is 0 Å². The SMILES string of the molecule is Cc1ccccc1C(=CC#N)c1ccccc1C. The van der Waals surface area contributed by atoms with E-state index in [1.54, 1.807) is 6.08 Å². The van der Waals surface area contributed by atoms with Crippen molar-refractivity contribution in [2.45, 2.75) is 13.8 Å². The first-order chi connectivity index (χ1) is 8.74. The zero-order valence-electron chi connectivity index (χ0n) is 10.6. The molecule has 0 amide bonds. The lowest BCUT2D eigenvalue weighted by Crippen LogP contribution is -1.93. The van der Waals surface area contributed by atoms with Crippen molar-refractivity contribution in [3.8, 4) is 6.07 Å². The molecule has 2 aromatic carbocycles. The molecule has 0 spiro atoms. The Balaban J connectivity index is 2.64. The van der Waals surface area contributed by atoms with E-state index in [-0.39, 0.29) is 0 Å². The molecule has 1 heteroatoms. The van der Waals surface area contributed by atoms with Gasteiger partial charge in [-0.1, -0.05) is 48.5 Å². The van der Waals surface area contributed by atoms with Gasteiger partial charge < -0.3 is 0 Å². The van der Waals surface area contributed by atoms with Gasteiger partial charge in [-0.15, -0.1) is 0 Å². The van der Waals surface area contributed by atoms with Gasteiger partial charge in [0.2, 0.25) is 0 Å². The number of allylic oxidation sites excluding steroid dienone is 1. The van der Waals surface area contributed by atoms with E-state index in [4.69, 9.17) is 5.26 Å². The monoisotopic (exact) mass is 233 g/mol. The summed E-state index contributed by atoms with van der Waals surface area (Å²) >= 11 is 0. The Morgan fingerprint density at radius 2 is 1.33 bits per heavy atom. The molecule has 0 unspecified atom stereocenters. The van der Waals surface area contributed by atoms with Crippen molar-refractivity contribution in [1.29, 1.82) is 5.26 Å². The van der Waals surface area contributed by atoms with Crippen molar-refractivity contribution in [1.82, 2.24) is 0 Å². The van der Waals surface area contributed by atoms with Crippen LogP contribution in [0, 0.1) is 25.2 Å². The maximum Gasteiger partial charge on any atom is 0.0918 e. The van der Waals surface area contributed by atoms with Crippen LogP contribution in [0.3, 0.4) is 0 Å². The molecule has 0 atom stereocenters. The molecule has 0 fully saturated rings. The lowest BCUT2D eigenvalue weighted by molar-refractivity contribution is 1.37. The lowest BCUT2D eigenvalue weighted by Gasteiger charge is -2.12. The van der Waals surface area contributed by atoms with Gasteiger partial charge in [0.1, 0.15) is 0 Å². The smallest absolute Gasteiger partial charge is 0.0918 e. The van der Waals surface area contributed by atoms with Gasteiger partial charge in [0.15, 0.2) is 0 Å². The van der Waals surface area contributed by atoms with E-state index in [1.807, 2.05) is 24.3 Å². The second kappa shape index (κ2) is 5.33. The third-order valence-corrected chi connectivity index (χ3v) is 3.08. The predicted molar refractivity (Wildman–Crippen MR) is 75.1 cm³/mol. The molecule has 0 aliphatic rings. The summed E-state index contributed by atoms with van der Waals surface area (Å²) in [6.07, 6.45) is 1.63. The van der Waals surface area contributed by atoms with Crippen molar-refractivity contribution in [3.05, 3.63) is 76.9 Å². The summed E-state index contributed by atoms with van der Waals surface area (Å²) in [4.78, 5) is 0. The van der Waals surface area contributed by atoms with Crippen molar-refractivity contribution in [2.24, 2.45) is 0 Å². The van der Waals surface area contributed by atoms with Gasteiger partial charge in [0.25, 0.3) is 0 Å². The molecule has 0 aliphatic heterocycles. The van der Waals surface area contributed by atoms with E-state index in [0.717, 1.165) is 16.7 Å². The Bertz CT molecular complexity index is 583. The van der Waals surface area contributed by atoms with Crippen molar-refractivity contribution in [2.75, 3.05) is 0 Å². The highest BCUT2D eigenvalue weighted by Gasteiger charge is 2.09. The highest BCUT2D eigenvalue weighted by molar-refractivity contribution is 5.83. The topological polar surface area (TPSA) is 23.8 Å². The van der Waals surface area contributed by atoms with Crippen LogP contribution >= 0.6 is 0 Å². The highest BCUT2D eigenvalue weighted by Crippen LogP contribution is 2.27. The van der Waals surface area contributed by atoms with Crippen LogP contribution in [0.25, 0.3) is 5.57 Å². The van der Waals surface area contributed by atoms with Crippen LogP contribution in [0.5, 0.6) is 0 Å². The molecule has 88 valence electrons. The highest BCUT2D eigenvalue weighted by atomic mass is 14.2. The van der Waals surface area contributed by atoms with Crippen LogP contribution in [0.1, 0.15) is 22.3 Å². The summed E-state index contributed by atoms with van der Waals surface area (Å²) in [5, 5.41) is 9.01. The van der Waals surface area contributed by atoms with Gasteiger partial charge in [-0.3, -0.25) is 0 Å². The largest absolute Gasteiger partial charge is 0.193 e. The van der Waals surface area contributed by atoms with Crippen LogP contribution in [0.2, 0.25) is 0 Å². The molecule has 0 aromatic heterocycles. The quantitative estimate of drug-likeness (QED) is 0.711. The molecule has 2 rings (SSSR count). The first-order valence-corrected chi connectivity index (χ1v) is 5.96. The number of hydrogen-bond donors (Lipinski definition) is 0. The fraction of sp³-hybridized carbons (Fsp3) is 0.118. The summed E-state index contributed by atoms with van der Waals surface area (Å²) in [7, 11) is 0. The minimum atomic E-state index is 0.994. The van der Waals surface area contributed by atoms with Gasteiger partial charge in [0.05, 0.1) is 6.07 Å². The zero-order valence-corrected chi connectivity index (χ0v) is 10.6. The van der Waals surface area contributed by atoms with E-state index in [9.17, 15) is 0 Å². The summed E-state index contributed by atoms with van der Waals surface area (Å²) in [6.45, 7) is 4.14. The Hall–Kier alpha value is -2.33. The third-order valence-electron chi connectivity index (χ3n) is 3.08. The molecule has 2 aromatic rings. The first kappa shape index (κ1) is 12.1. The fourth-order valence-corrected chi connectivity index (χ4v) is 2.12. The number of aryl methyl sites for hydroxylation is 2. The van der Waals surface area contributed by atoms with E-state index < -0.39 is 0 Å². The minimum absolute atomic E-state index is 0.994. The maximum absolute atomic E-state index is 9.01. The molecule has 1 nitrogen and oxygen atoms in total. The molecular formula is C17H15N. The van der Waals surface area contributed by atoms with Gasteiger partial charge in [-0.25, -0.2) is 0 Å². The standard InChI is InChI=1S/C17H15N/c1-13-7-3-5-9-15(13)17(11-12-18)16-10-6-4-8-14(16)2/h3-11H,1-2H3. The maximum atomic E-state index is 9.01. The number of nitriles is 1. The number of rotatable bonds is 2. The van der Waals surface area contributed by atoms with Gasteiger partial charge in [-0.05, 0) is 41.7 Å². The van der Waals surface area contributed by atoms with Gasteiger partial charge in [-0.2, -0.15) is 5.26 Å². The van der Waals surface area contributed by atoms with Crippen LogP contribution in [0.15, 0.2) is 54.6 Å². The van der Waals surface area contributed by atoms with Crippen LogP contribution in [-0.2, 0) is 0 Å². The fourth-order valence-electron chi connectivity index (χ4n) is 2.12. The summed E-state index contributed by atoms with van der Waals surface area (Å²) < 4.78 is 0. The Kier molecular flexibility index (Phi) is 3.60. The van der Waals surface area contributed by atoms with Crippen LogP contribution < -0.4 is 0 Å². The van der Waals surface area contributed by atoms with Crippen LogP contribution in [-0.4, -0.2) is 0 Å². The second-order valence-corrected chi connectivity index (χ2v) is 4.32. The molecule has 0 radical (unpaired) electrons. The second-order valence-electron chi connectivity index (χ2n) is 4.32. The normalized spacial score (nSPS) is 9.61. The number of hydrogen-bond acceptors (Lipinski definition) is 1. The zero-order chi connectivity index (χ0) is 13.0. The molecule has 18 heavy (non-hydrogen) atoms. The average Bonchev–Trinajstić information content (AvgIpc) is 2.38. The van der Waals surface area contributed by atoms with E-state index in [2.05, 4.69) is 44.2 Å². The molecule has 0 saturated carbocycles. The lowest BCUT2D eigenvalue weighted by atomic mass is 9.92. The molecule has 0 aliphatic carbocycles. The van der Waals surface area contributed by atoms with Gasteiger partial charge >= 0.3 is 0 Å². The Morgan fingerprint density at radius 1 is 0.889 bits per heavy atom. The van der Waals surface area contributed by atoms with Gasteiger partial charge in [0, 0.05) is 6.08 Å². The Morgan fingerprint density at radius 3 is 1.72 bits per heavy atom. The molecule has 0 bridgehead atoms. The summed E-state index contributed by atoms with van der Waals surface area (Å²) in [5.41, 5.74) is 5.60. The van der Waals surface area contributed by atoms with Crippen molar-refractivity contribution < 1.29 is 0 Å².